The van der Waals surface area contributed by atoms with Crippen molar-refractivity contribution in [2.24, 2.45) is 0 Å². The fourth-order valence-electron chi connectivity index (χ4n) is 1.78. The molecule has 0 spiro atoms. The maximum Gasteiger partial charge on any atom is 0.122 e. The first kappa shape index (κ1) is 11.5. The Morgan fingerprint density at radius 1 is 1.18 bits per heavy atom. The van der Waals surface area contributed by atoms with Gasteiger partial charge in [0.2, 0.25) is 0 Å². The molecule has 0 aliphatic rings. The molecular weight excluding hydrogens is 216 g/mol. The predicted octanol–water partition coefficient (Wildman–Crippen LogP) is 2.33. The lowest BCUT2D eigenvalue weighted by Gasteiger charge is -2.09. The standard InChI is InChI=1S/C13H16N2O2/c1-9-6-11(15-14-9)7-10-8-12(16-2)4-5-13(10)17-3/h4-6,8H,7H2,1-3H3,(H,14,15). The topological polar surface area (TPSA) is 47.1 Å². The second kappa shape index (κ2) is 4.91. The van der Waals surface area contributed by atoms with Gasteiger partial charge in [0.05, 0.1) is 19.9 Å². The molecule has 0 aliphatic carbocycles. The Bertz CT molecular complexity index is 506. The highest BCUT2D eigenvalue weighted by Crippen LogP contribution is 2.25. The minimum absolute atomic E-state index is 0.727. The highest BCUT2D eigenvalue weighted by atomic mass is 16.5. The number of rotatable bonds is 4. The lowest BCUT2D eigenvalue weighted by molar-refractivity contribution is 0.399. The summed E-state index contributed by atoms with van der Waals surface area (Å²) in [5.41, 5.74) is 3.12. The van der Waals surface area contributed by atoms with Crippen molar-refractivity contribution in [2.75, 3.05) is 14.2 Å². The van der Waals surface area contributed by atoms with E-state index in [1.165, 1.54) is 0 Å². The van der Waals surface area contributed by atoms with Gasteiger partial charge in [0.25, 0.3) is 0 Å². The molecule has 17 heavy (non-hydrogen) atoms. The van der Waals surface area contributed by atoms with Crippen LogP contribution >= 0.6 is 0 Å². The van der Waals surface area contributed by atoms with Crippen LogP contribution in [0.25, 0.3) is 0 Å². The summed E-state index contributed by atoms with van der Waals surface area (Å²) in [6, 6.07) is 7.80. The molecular formula is C13H16N2O2. The number of H-pyrrole nitrogens is 1. The van der Waals surface area contributed by atoms with Crippen LogP contribution in [-0.4, -0.2) is 24.4 Å². The number of aromatic nitrogens is 2. The second-order valence-electron chi connectivity index (χ2n) is 3.90. The van der Waals surface area contributed by atoms with E-state index in [1.54, 1.807) is 14.2 Å². The van der Waals surface area contributed by atoms with Crippen LogP contribution in [0.5, 0.6) is 11.5 Å². The molecule has 0 unspecified atom stereocenters. The van der Waals surface area contributed by atoms with Crippen molar-refractivity contribution in [3.8, 4) is 11.5 Å². The molecule has 1 N–H and O–H groups in total. The van der Waals surface area contributed by atoms with E-state index in [0.29, 0.717) is 0 Å². The molecule has 4 heteroatoms. The van der Waals surface area contributed by atoms with Crippen LogP contribution in [0.15, 0.2) is 24.3 Å². The summed E-state index contributed by atoms with van der Waals surface area (Å²) in [4.78, 5) is 0. The lowest BCUT2D eigenvalue weighted by atomic mass is 10.1. The Labute approximate surface area is 101 Å². The quantitative estimate of drug-likeness (QED) is 0.880. The van der Waals surface area contributed by atoms with Crippen molar-refractivity contribution in [3.05, 3.63) is 41.2 Å². The van der Waals surface area contributed by atoms with Crippen LogP contribution in [0.1, 0.15) is 17.0 Å². The first-order valence-electron chi connectivity index (χ1n) is 5.44. The zero-order valence-corrected chi connectivity index (χ0v) is 10.3. The predicted molar refractivity (Wildman–Crippen MR) is 65.7 cm³/mol. The van der Waals surface area contributed by atoms with Gasteiger partial charge in [-0.05, 0) is 31.2 Å². The Balaban J connectivity index is 2.29. The van der Waals surface area contributed by atoms with E-state index in [0.717, 1.165) is 34.9 Å². The Morgan fingerprint density at radius 2 is 2.00 bits per heavy atom. The number of aromatic amines is 1. The summed E-state index contributed by atoms with van der Waals surface area (Å²) < 4.78 is 10.5. The van der Waals surface area contributed by atoms with Gasteiger partial charge in [-0.1, -0.05) is 0 Å². The molecule has 0 radical (unpaired) electrons. The van der Waals surface area contributed by atoms with E-state index < -0.39 is 0 Å². The summed E-state index contributed by atoms with van der Waals surface area (Å²) in [6.45, 7) is 1.99. The van der Waals surface area contributed by atoms with Crippen molar-refractivity contribution >= 4 is 0 Å². The van der Waals surface area contributed by atoms with Gasteiger partial charge in [0, 0.05) is 17.7 Å². The molecule has 0 amide bonds. The second-order valence-corrected chi connectivity index (χ2v) is 3.90. The van der Waals surface area contributed by atoms with Crippen LogP contribution in [-0.2, 0) is 6.42 Å². The summed E-state index contributed by atoms with van der Waals surface area (Å²) in [5, 5.41) is 7.15. The molecule has 1 aromatic carbocycles. The van der Waals surface area contributed by atoms with Gasteiger partial charge in [0.1, 0.15) is 11.5 Å². The van der Waals surface area contributed by atoms with Gasteiger partial charge in [0.15, 0.2) is 0 Å². The average Bonchev–Trinajstić information content (AvgIpc) is 2.74. The van der Waals surface area contributed by atoms with Gasteiger partial charge in [-0.2, -0.15) is 5.10 Å². The third-order valence-electron chi connectivity index (χ3n) is 2.62. The molecule has 0 saturated carbocycles. The Hall–Kier alpha value is -1.97. The lowest BCUT2D eigenvalue weighted by Crippen LogP contribution is -1.95. The molecule has 0 atom stereocenters. The molecule has 90 valence electrons. The van der Waals surface area contributed by atoms with Crippen LogP contribution in [0, 0.1) is 6.92 Å². The van der Waals surface area contributed by atoms with Crippen molar-refractivity contribution < 1.29 is 9.47 Å². The highest BCUT2D eigenvalue weighted by Gasteiger charge is 2.07. The SMILES string of the molecule is COc1ccc(OC)c(Cc2cc(C)[nH]n2)c1. The number of hydrogen-bond donors (Lipinski definition) is 1. The van der Waals surface area contributed by atoms with Crippen molar-refractivity contribution in [3.63, 3.8) is 0 Å². The van der Waals surface area contributed by atoms with E-state index in [9.17, 15) is 0 Å². The van der Waals surface area contributed by atoms with Gasteiger partial charge in [-0.25, -0.2) is 0 Å². The normalized spacial score (nSPS) is 10.3. The van der Waals surface area contributed by atoms with Crippen LogP contribution in [0.4, 0.5) is 0 Å². The van der Waals surface area contributed by atoms with E-state index in [1.807, 2.05) is 31.2 Å². The molecule has 0 bridgehead atoms. The highest BCUT2D eigenvalue weighted by molar-refractivity contribution is 5.42. The number of nitrogens with one attached hydrogen (secondary N) is 1. The number of hydrogen-bond acceptors (Lipinski definition) is 3. The van der Waals surface area contributed by atoms with Crippen molar-refractivity contribution in [1.29, 1.82) is 0 Å². The number of benzene rings is 1. The van der Waals surface area contributed by atoms with Gasteiger partial charge < -0.3 is 9.47 Å². The number of ether oxygens (including phenoxy) is 2. The molecule has 4 nitrogen and oxygen atoms in total. The molecule has 0 aliphatic heterocycles. The number of aryl methyl sites for hydroxylation is 1. The minimum Gasteiger partial charge on any atom is -0.497 e. The summed E-state index contributed by atoms with van der Waals surface area (Å²) in [6.07, 6.45) is 0.727. The first-order chi connectivity index (χ1) is 8.22. The minimum atomic E-state index is 0.727. The third kappa shape index (κ3) is 2.58. The molecule has 2 rings (SSSR count). The van der Waals surface area contributed by atoms with Gasteiger partial charge >= 0.3 is 0 Å². The summed E-state index contributed by atoms with van der Waals surface area (Å²) in [7, 11) is 3.32. The molecule has 2 aromatic rings. The largest absolute Gasteiger partial charge is 0.497 e. The Kier molecular flexibility index (Phi) is 3.32. The number of nitrogens with zero attached hydrogens (tertiary/aromatic N) is 1. The fourth-order valence-corrected chi connectivity index (χ4v) is 1.78. The van der Waals surface area contributed by atoms with Gasteiger partial charge in [-0.15, -0.1) is 0 Å². The van der Waals surface area contributed by atoms with E-state index >= 15 is 0 Å². The van der Waals surface area contributed by atoms with Crippen LogP contribution in [0.2, 0.25) is 0 Å². The smallest absolute Gasteiger partial charge is 0.122 e. The monoisotopic (exact) mass is 232 g/mol. The number of methoxy groups -OCH3 is 2. The molecule has 1 aromatic heterocycles. The van der Waals surface area contributed by atoms with Crippen molar-refractivity contribution in [1.82, 2.24) is 10.2 Å². The molecule has 1 heterocycles. The third-order valence-corrected chi connectivity index (χ3v) is 2.62. The fraction of sp³-hybridized carbons (Fsp3) is 0.308. The maximum absolute atomic E-state index is 5.33. The Morgan fingerprint density at radius 3 is 2.59 bits per heavy atom. The summed E-state index contributed by atoms with van der Waals surface area (Å²) >= 11 is 0. The zero-order chi connectivity index (χ0) is 12.3. The summed E-state index contributed by atoms with van der Waals surface area (Å²) in [5.74, 6) is 1.68. The average molecular weight is 232 g/mol. The first-order valence-corrected chi connectivity index (χ1v) is 5.44. The van der Waals surface area contributed by atoms with E-state index in [-0.39, 0.29) is 0 Å². The molecule has 0 saturated heterocycles. The van der Waals surface area contributed by atoms with Crippen LogP contribution in [0.3, 0.4) is 0 Å². The van der Waals surface area contributed by atoms with E-state index in [2.05, 4.69) is 10.2 Å². The molecule has 0 fully saturated rings. The zero-order valence-electron chi connectivity index (χ0n) is 10.3. The van der Waals surface area contributed by atoms with Crippen molar-refractivity contribution in [2.45, 2.75) is 13.3 Å². The maximum atomic E-state index is 5.33. The van der Waals surface area contributed by atoms with E-state index in [4.69, 9.17) is 9.47 Å². The van der Waals surface area contributed by atoms with Crippen LogP contribution < -0.4 is 9.47 Å². The van der Waals surface area contributed by atoms with Gasteiger partial charge in [-0.3, -0.25) is 5.10 Å².